The number of esters is 1. The Hall–Kier alpha value is -3.55. The lowest BCUT2D eigenvalue weighted by molar-refractivity contribution is -0.149. The number of nitrogens with one attached hydrogen (secondary N) is 2. The lowest BCUT2D eigenvalue weighted by atomic mass is 10.1. The van der Waals surface area contributed by atoms with Crippen molar-refractivity contribution < 1.29 is 14.3 Å². The van der Waals surface area contributed by atoms with E-state index in [1.807, 2.05) is 66.7 Å². The van der Waals surface area contributed by atoms with E-state index in [-0.39, 0.29) is 0 Å². The molecule has 0 fully saturated rings. The number of nitrogens with zero attached hydrogens (tertiary/aromatic N) is 1. The maximum absolute atomic E-state index is 12.2. The van der Waals surface area contributed by atoms with Gasteiger partial charge in [0.05, 0.1) is 5.52 Å². The maximum Gasteiger partial charge on any atom is 0.350 e. The van der Waals surface area contributed by atoms with Gasteiger partial charge in [-0.1, -0.05) is 54.1 Å². The largest absolute Gasteiger partial charge is 0.449 e. The smallest absolute Gasteiger partial charge is 0.350 e. The summed E-state index contributed by atoms with van der Waals surface area (Å²) in [7, 11) is 0. The average Bonchev–Trinajstić information content (AvgIpc) is 3.14. The fourth-order valence-electron chi connectivity index (χ4n) is 3.82. The van der Waals surface area contributed by atoms with E-state index in [2.05, 4.69) is 43.7 Å². The van der Waals surface area contributed by atoms with Crippen LogP contribution < -0.4 is 15.4 Å². The van der Waals surface area contributed by atoms with Crippen molar-refractivity contribution in [1.82, 2.24) is 10.3 Å². The number of hydrogen-bond donors (Lipinski definition) is 2. The van der Waals surface area contributed by atoms with Crippen LogP contribution in [0.25, 0.3) is 22.0 Å². The van der Waals surface area contributed by atoms with Crippen molar-refractivity contribution >= 4 is 50.1 Å². The monoisotopic (exact) mass is 549 g/mol. The number of hydrogen-bond acceptors (Lipinski definition) is 6. The summed E-state index contributed by atoms with van der Waals surface area (Å²) in [5, 5.41) is 8.28. The molecule has 4 aromatic rings. The van der Waals surface area contributed by atoms with E-state index in [1.54, 1.807) is 6.20 Å². The van der Waals surface area contributed by atoms with Gasteiger partial charge in [0.1, 0.15) is 15.9 Å². The number of carbonyl (C=O) groups excluding carboxylic acids is 1. The van der Waals surface area contributed by atoms with Gasteiger partial charge in [0, 0.05) is 35.4 Å². The topological polar surface area (TPSA) is 72.5 Å². The van der Waals surface area contributed by atoms with Gasteiger partial charge >= 0.3 is 5.97 Å². The minimum Gasteiger partial charge on any atom is -0.449 e. The van der Waals surface area contributed by atoms with Crippen LogP contribution in [0, 0.1) is 0 Å². The van der Waals surface area contributed by atoms with E-state index in [9.17, 15) is 4.79 Å². The lowest BCUT2D eigenvalue weighted by Crippen LogP contribution is -2.31. The first-order chi connectivity index (χ1) is 17.1. The first-order valence-electron chi connectivity index (χ1n) is 11.0. The van der Waals surface area contributed by atoms with Crippen LogP contribution in [-0.2, 0) is 9.53 Å². The van der Waals surface area contributed by atoms with Gasteiger partial charge in [0.25, 0.3) is 6.29 Å². The fourth-order valence-corrected chi connectivity index (χ4v) is 4.40. The highest BCUT2D eigenvalue weighted by Crippen LogP contribution is 2.29. The number of fused-ring (bicyclic) bond motifs is 1. The van der Waals surface area contributed by atoms with Gasteiger partial charge in [-0.3, -0.25) is 4.98 Å². The first kappa shape index (κ1) is 23.2. The van der Waals surface area contributed by atoms with Gasteiger partial charge in [0.15, 0.2) is 0 Å². The molecule has 0 aliphatic carbocycles. The number of cyclic esters (lactones) is 1. The van der Waals surface area contributed by atoms with Crippen molar-refractivity contribution in [1.29, 1.82) is 0 Å². The molecule has 2 N–H and O–H groups in total. The SMILES string of the molecule is O=C1OC(Oc2ccc(-c3ccccc3)cc2)C(NCCNc2ccnc3cc(Cl)ccc23)=C1Br. The van der Waals surface area contributed by atoms with Crippen LogP contribution in [0.15, 0.2) is 95.2 Å². The average molecular weight is 551 g/mol. The molecule has 0 saturated carbocycles. The summed E-state index contributed by atoms with van der Waals surface area (Å²) < 4.78 is 11.7. The van der Waals surface area contributed by atoms with E-state index in [4.69, 9.17) is 21.1 Å². The molecule has 2 heterocycles. The van der Waals surface area contributed by atoms with Gasteiger partial charge in [-0.2, -0.15) is 0 Å². The highest BCUT2D eigenvalue weighted by molar-refractivity contribution is 9.12. The third kappa shape index (κ3) is 5.26. The summed E-state index contributed by atoms with van der Waals surface area (Å²) in [6.07, 6.45) is 0.882. The Bertz CT molecular complexity index is 1390. The van der Waals surface area contributed by atoms with Crippen LogP contribution in [0.1, 0.15) is 0 Å². The highest BCUT2D eigenvalue weighted by atomic mass is 79.9. The number of pyridine rings is 1. The Morgan fingerprint density at radius 3 is 2.49 bits per heavy atom. The Kier molecular flexibility index (Phi) is 6.88. The Morgan fingerprint density at radius 2 is 1.69 bits per heavy atom. The molecule has 0 saturated heterocycles. The zero-order valence-electron chi connectivity index (χ0n) is 18.5. The van der Waals surface area contributed by atoms with Crippen molar-refractivity contribution in [2.24, 2.45) is 0 Å². The molecule has 1 aliphatic rings. The van der Waals surface area contributed by atoms with Crippen LogP contribution in [0.2, 0.25) is 5.02 Å². The summed E-state index contributed by atoms with van der Waals surface area (Å²) in [5.41, 5.74) is 4.52. The highest BCUT2D eigenvalue weighted by Gasteiger charge is 2.34. The summed E-state index contributed by atoms with van der Waals surface area (Å²) in [6.45, 7) is 1.13. The third-order valence-electron chi connectivity index (χ3n) is 5.53. The molecule has 1 unspecified atom stereocenters. The van der Waals surface area contributed by atoms with Crippen molar-refractivity contribution in [2.45, 2.75) is 6.29 Å². The van der Waals surface area contributed by atoms with E-state index in [0.717, 1.165) is 27.7 Å². The zero-order valence-corrected chi connectivity index (χ0v) is 20.8. The van der Waals surface area contributed by atoms with Crippen molar-refractivity contribution in [3.63, 3.8) is 0 Å². The predicted octanol–water partition coefficient (Wildman–Crippen LogP) is 6.13. The van der Waals surface area contributed by atoms with Gasteiger partial charge in [-0.15, -0.1) is 0 Å². The third-order valence-corrected chi connectivity index (χ3v) is 6.52. The number of rotatable bonds is 8. The molecule has 35 heavy (non-hydrogen) atoms. The molecule has 8 heteroatoms. The van der Waals surface area contributed by atoms with Gasteiger partial charge in [-0.25, -0.2) is 4.79 Å². The molecule has 0 radical (unpaired) electrons. The summed E-state index contributed by atoms with van der Waals surface area (Å²) in [6, 6.07) is 25.3. The minimum absolute atomic E-state index is 0.326. The van der Waals surface area contributed by atoms with E-state index in [0.29, 0.717) is 34.0 Å². The molecule has 6 nitrogen and oxygen atoms in total. The van der Waals surface area contributed by atoms with Crippen LogP contribution in [-0.4, -0.2) is 30.3 Å². The molecule has 1 aromatic heterocycles. The van der Waals surface area contributed by atoms with Gasteiger partial charge in [-0.05, 0) is 63.5 Å². The Morgan fingerprint density at radius 1 is 0.943 bits per heavy atom. The molecule has 0 bridgehead atoms. The van der Waals surface area contributed by atoms with Crippen LogP contribution >= 0.6 is 27.5 Å². The maximum atomic E-state index is 12.2. The molecule has 1 atom stereocenters. The number of halogens is 2. The molecule has 176 valence electrons. The van der Waals surface area contributed by atoms with Gasteiger partial charge < -0.3 is 20.1 Å². The predicted molar refractivity (Wildman–Crippen MR) is 142 cm³/mol. The molecular weight excluding hydrogens is 530 g/mol. The Balaban J connectivity index is 1.21. The molecule has 0 amide bonds. The van der Waals surface area contributed by atoms with Crippen LogP contribution in [0.4, 0.5) is 5.69 Å². The quantitative estimate of drug-likeness (QED) is 0.203. The number of anilines is 1. The van der Waals surface area contributed by atoms with E-state index < -0.39 is 12.3 Å². The van der Waals surface area contributed by atoms with Crippen LogP contribution in [0.3, 0.4) is 0 Å². The molecular formula is C27H21BrClN3O3. The van der Waals surface area contributed by atoms with Crippen LogP contribution in [0.5, 0.6) is 5.75 Å². The minimum atomic E-state index is -0.858. The second-order valence-electron chi connectivity index (χ2n) is 7.85. The summed E-state index contributed by atoms with van der Waals surface area (Å²) in [4.78, 5) is 16.5. The fraction of sp³-hybridized carbons (Fsp3) is 0.111. The summed E-state index contributed by atoms with van der Waals surface area (Å²) >= 11 is 9.40. The second-order valence-corrected chi connectivity index (χ2v) is 9.08. The van der Waals surface area contributed by atoms with E-state index >= 15 is 0 Å². The van der Waals surface area contributed by atoms with Crippen molar-refractivity contribution in [2.75, 3.05) is 18.4 Å². The lowest BCUT2D eigenvalue weighted by Gasteiger charge is -2.18. The molecule has 0 spiro atoms. The normalized spacial score (nSPS) is 15.3. The molecule has 3 aromatic carbocycles. The molecule has 1 aliphatic heterocycles. The van der Waals surface area contributed by atoms with Crippen molar-refractivity contribution in [3.8, 4) is 16.9 Å². The van der Waals surface area contributed by atoms with Gasteiger partial charge in [0.2, 0.25) is 0 Å². The first-order valence-corrected chi connectivity index (χ1v) is 12.2. The standard InChI is InChI=1S/C27H21BrClN3O3/c28-24-25(32-15-14-31-22-12-13-30-23-16-19(29)8-11-21(22)23)27(35-26(24)33)34-20-9-6-18(7-10-20)17-4-2-1-3-5-17/h1-13,16,27,32H,14-15H2,(H,30,31). The Labute approximate surface area is 216 Å². The second kappa shape index (κ2) is 10.4. The van der Waals surface area contributed by atoms with E-state index in [1.165, 1.54) is 0 Å². The number of ether oxygens (including phenoxy) is 2. The zero-order chi connectivity index (χ0) is 24.2. The number of carbonyl (C=O) groups is 1. The number of aromatic nitrogens is 1. The summed E-state index contributed by atoms with van der Waals surface area (Å²) in [5.74, 6) is 0.132. The number of benzene rings is 3. The molecule has 5 rings (SSSR count). The van der Waals surface area contributed by atoms with Crippen molar-refractivity contribution in [3.05, 3.63) is 100 Å².